The van der Waals surface area contributed by atoms with Crippen molar-refractivity contribution in [2.24, 2.45) is 0 Å². The molecule has 0 nitrogen and oxygen atoms in total. The maximum absolute atomic E-state index is 12.0. The highest BCUT2D eigenvalue weighted by Crippen LogP contribution is 3.02. The summed E-state index contributed by atoms with van der Waals surface area (Å²) in [7, 11) is -9.38. The summed E-state index contributed by atoms with van der Waals surface area (Å²) >= 11 is 0. The molecule has 0 fully saturated rings. The third-order valence-corrected chi connectivity index (χ3v) is 2.60. The fourth-order valence-electron chi connectivity index (χ4n) is 0.875. The minimum Gasteiger partial charge on any atom is -0.0936 e. The topological polar surface area (TPSA) is 0 Å². The van der Waals surface area contributed by atoms with Crippen molar-refractivity contribution in [2.45, 2.75) is 12.8 Å². The third kappa shape index (κ3) is 2.23. The highest BCUT2D eigenvalue weighted by atomic mass is 32.5. The van der Waals surface area contributed by atoms with Crippen LogP contribution in [0, 0.1) is 0 Å². The van der Waals surface area contributed by atoms with Gasteiger partial charge in [-0.3, -0.25) is 0 Å². The zero-order chi connectivity index (χ0) is 9.52. The summed E-state index contributed by atoms with van der Waals surface area (Å²) in [6, 6.07) is 0. The minimum atomic E-state index is -9.38. The summed E-state index contributed by atoms with van der Waals surface area (Å²) in [5.74, 6) is 0. The molecule has 0 saturated heterocycles. The Morgan fingerprint density at radius 3 is 1.83 bits per heavy atom. The van der Waals surface area contributed by atoms with Crippen LogP contribution in [-0.4, -0.2) is 0 Å². The van der Waals surface area contributed by atoms with Crippen LogP contribution in [0.25, 0.3) is 0 Å². The first-order valence-electron chi connectivity index (χ1n) is 3.20. The lowest BCUT2D eigenvalue weighted by molar-refractivity contribution is 0.380. The fraction of sp³-hybridized carbons (Fsp3) is 0.333. The van der Waals surface area contributed by atoms with Crippen LogP contribution in [0.1, 0.15) is 12.8 Å². The monoisotopic (exact) mass is 206 g/mol. The summed E-state index contributed by atoms with van der Waals surface area (Å²) in [5.41, 5.74) is 0. The normalized spacial score (nSPS) is 24.2. The van der Waals surface area contributed by atoms with Crippen LogP contribution in [0.4, 0.5) is 19.4 Å². The van der Waals surface area contributed by atoms with Crippen LogP contribution in [0.3, 0.4) is 0 Å². The molecule has 72 valence electrons. The fourth-order valence-corrected chi connectivity index (χ4v) is 1.66. The van der Waals surface area contributed by atoms with E-state index in [1.54, 1.807) is 0 Å². The van der Waals surface area contributed by atoms with Gasteiger partial charge in [-0.1, -0.05) is 31.6 Å². The molecule has 0 radical (unpaired) electrons. The predicted octanol–water partition coefficient (Wildman–Crippen LogP) is 4.52. The first-order valence-corrected chi connectivity index (χ1v) is 5.15. The summed E-state index contributed by atoms with van der Waals surface area (Å²) < 4.78 is 59.9. The molecule has 0 spiro atoms. The Bertz CT molecular complexity index is 255. The van der Waals surface area contributed by atoms with E-state index in [9.17, 15) is 19.4 Å². The molecule has 0 heterocycles. The number of hydrogen-bond donors (Lipinski definition) is 0. The summed E-state index contributed by atoms with van der Waals surface area (Å²) in [5, 5.41) is 0. The highest BCUT2D eigenvalue weighted by molar-refractivity contribution is 8.48. The van der Waals surface area contributed by atoms with Gasteiger partial charge in [0, 0.05) is 0 Å². The first-order chi connectivity index (χ1) is 5.09. The van der Waals surface area contributed by atoms with E-state index in [0.29, 0.717) is 18.6 Å². The molecule has 6 heteroatoms. The molecule has 0 aromatic heterocycles. The smallest absolute Gasteiger partial charge is 0.0936 e. The van der Waals surface area contributed by atoms with Crippen molar-refractivity contribution in [3.63, 3.8) is 0 Å². The van der Waals surface area contributed by atoms with Gasteiger partial charge in [0.2, 0.25) is 0 Å². The Morgan fingerprint density at radius 1 is 1.00 bits per heavy atom. The van der Waals surface area contributed by atoms with Gasteiger partial charge in [0.05, 0.1) is 0 Å². The molecule has 1 aliphatic rings. The number of halogens is 5. The average Bonchev–Trinajstić information content (AvgIpc) is 1.85. The van der Waals surface area contributed by atoms with Crippen LogP contribution in [0.5, 0.6) is 0 Å². The molecular weight excluding hydrogens is 199 g/mol. The first kappa shape index (κ1) is 9.57. The Morgan fingerprint density at radius 2 is 1.58 bits per heavy atom. The lowest BCUT2D eigenvalue weighted by atomic mass is 10.2. The molecule has 0 aromatic carbocycles. The zero-order valence-electron chi connectivity index (χ0n) is 5.94. The Balaban J connectivity index is 3.14. The molecule has 0 amide bonds. The van der Waals surface area contributed by atoms with Crippen LogP contribution in [0.2, 0.25) is 0 Å². The summed E-state index contributed by atoms with van der Waals surface area (Å²) in [6.07, 6.45) is 2.51. The second-order valence-corrected chi connectivity index (χ2v) is 4.96. The van der Waals surface area contributed by atoms with Crippen LogP contribution >= 0.6 is 10.2 Å². The third-order valence-electron chi connectivity index (χ3n) is 1.41. The second-order valence-electron chi connectivity index (χ2n) is 2.56. The van der Waals surface area contributed by atoms with Gasteiger partial charge in [-0.15, -0.1) is 0 Å². The quantitative estimate of drug-likeness (QED) is 0.553. The average molecular weight is 206 g/mol. The van der Waals surface area contributed by atoms with Crippen LogP contribution < -0.4 is 0 Å². The number of rotatable bonds is 1. The molecule has 0 saturated carbocycles. The minimum absolute atomic E-state index is 0.0252. The maximum Gasteiger partial charge on any atom is 0.310 e. The molecule has 1 aliphatic carbocycles. The summed E-state index contributed by atoms with van der Waals surface area (Å²) in [6.45, 7) is 0. The molecule has 0 unspecified atom stereocenters. The highest BCUT2D eigenvalue weighted by Gasteiger charge is 2.66. The SMILES string of the molecule is FS(F)(F)(F)(F)C1=CCCC=C1. The molecule has 0 aliphatic heterocycles. The van der Waals surface area contributed by atoms with E-state index in [0.717, 1.165) is 6.08 Å². The lowest BCUT2D eigenvalue weighted by Crippen LogP contribution is -2.08. The van der Waals surface area contributed by atoms with Gasteiger partial charge >= 0.3 is 10.2 Å². The Hall–Kier alpha value is -0.520. The molecular formula is C6H7F5S. The van der Waals surface area contributed by atoms with E-state index in [1.165, 1.54) is 0 Å². The van der Waals surface area contributed by atoms with Crippen LogP contribution in [0.15, 0.2) is 23.1 Å². The van der Waals surface area contributed by atoms with E-state index in [-0.39, 0.29) is 6.42 Å². The van der Waals surface area contributed by atoms with E-state index in [1.807, 2.05) is 0 Å². The largest absolute Gasteiger partial charge is 0.310 e. The van der Waals surface area contributed by atoms with Crippen molar-refractivity contribution in [3.8, 4) is 0 Å². The van der Waals surface area contributed by atoms with Gasteiger partial charge in [-0.25, -0.2) is 0 Å². The molecule has 0 bridgehead atoms. The molecule has 0 N–H and O–H groups in total. The van der Waals surface area contributed by atoms with E-state index >= 15 is 0 Å². The zero-order valence-corrected chi connectivity index (χ0v) is 6.76. The van der Waals surface area contributed by atoms with Crippen molar-refractivity contribution in [1.29, 1.82) is 0 Å². The van der Waals surface area contributed by atoms with E-state index < -0.39 is 15.1 Å². The van der Waals surface area contributed by atoms with Crippen LogP contribution in [-0.2, 0) is 0 Å². The van der Waals surface area contributed by atoms with Gasteiger partial charge in [-0.2, -0.15) is 0 Å². The molecule has 0 atom stereocenters. The van der Waals surface area contributed by atoms with Gasteiger partial charge in [-0.05, 0) is 18.9 Å². The predicted molar refractivity (Wildman–Crippen MR) is 39.6 cm³/mol. The second kappa shape index (κ2) is 1.86. The number of hydrogen-bond acceptors (Lipinski definition) is 0. The van der Waals surface area contributed by atoms with Crippen molar-refractivity contribution < 1.29 is 19.4 Å². The maximum atomic E-state index is 12.0. The Labute approximate surface area is 66.5 Å². The summed E-state index contributed by atoms with van der Waals surface area (Å²) in [4.78, 5) is -1.76. The van der Waals surface area contributed by atoms with Crippen molar-refractivity contribution in [2.75, 3.05) is 0 Å². The molecule has 0 aromatic rings. The number of allylic oxidation sites excluding steroid dienone is 3. The van der Waals surface area contributed by atoms with Gasteiger partial charge in [0.25, 0.3) is 0 Å². The van der Waals surface area contributed by atoms with Gasteiger partial charge < -0.3 is 0 Å². The molecule has 12 heavy (non-hydrogen) atoms. The van der Waals surface area contributed by atoms with Crippen molar-refractivity contribution in [3.05, 3.63) is 23.1 Å². The standard InChI is InChI=1S/C6H7F5S/c7-12(8,9,10,11)6-4-2-1-3-5-6/h2,4-5H,1,3H2. The van der Waals surface area contributed by atoms with E-state index in [4.69, 9.17) is 0 Å². The molecule has 1 rings (SSSR count). The van der Waals surface area contributed by atoms with E-state index in [2.05, 4.69) is 0 Å². The lowest BCUT2D eigenvalue weighted by Gasteiger charge is -2.42. The van der Waals surface area contributed by atoms with Gasteiger partial charge in [0.15, 0.2) is 0 Å². The van der Waals surface area contributed by atoms with Gasteiger partial charge in [0.1, 0.15) is 4.91 Å². The van der Waals surface area contributed by atoms with Crippen molar-refractivity contribution >= 4 is 10.2 Å². The Kier molecular flexibility index (Phi) is 1.49. The van der Waals surface area contributed by atoms with Crippen molar-refractivity contribution in [1.82, 2.24) is 0 Å².